The summed E-state index contributed by atoms with van der Waals surface area (Å²) < 4.78 is 36.6. The van der Waals surface area contributed by atoms with Gasteiger partial charge < -0.3 is 4.74 Å². The molecule has 0 unspecified atom stereocenters. The molecule has 0 aromatic carbocycles. The molecule has 1 aliphatic rings. The average Bonchev–Trinajstić information content (AvgIpc) is 3.28. The summed E-state index contributed by atoms with van der Waals surface area (Å²) in [5.74, 6) is 0. The summed E-state index contributed by atoms with van der Waals surface area (Å²) in [6.45, 7) is 10.3. The van der Waals surface area contributed by atoms with E-state index >= 15 is 0 Å². The number of nitrogens with zero attached hydrogens (tertiary/aromatic N) is 5. The normalized spacial score (nSPS) is 14.7. The standard InChI is InChI=1S/C27H30ClN5O6S3/c1-15-19(40-16(2)30-15)14-32-23-18(22(34)31(24(32)35)13-17-7-8-20(28)29-12-17)11-21(41-23)42(37,38)33(27(6)9-10-27)25(36)39-26(3,4)5/h7-8,11-12H,9-10,13-14H2,1-6H3. The summed E-state index contributed by atoms with van der Waals surface area (Å²) in [5, 5.41) is 1.12. The van der Waals surface area contributed by atoms with E-state index < -0.39 is 38.5 Å². The summed E-state index contributed by atoms with van der Waals surface area (Å²) in [6.07, 6.45) is 1.44. The predicted molar refractivity (Wildman–Crippen MR) is 162 cm³/mol. The molecular formula is C27H30ClN5O6S3. The lowest BCUT2D eigenvalue weighted by atomic mass is 10.2. The first-order chi connectivity index (χ1) is 19.5. The van der Waals surface area contributed by atoms with Gasteiger partial charge in [-0.25, -0.2) is 19.6 Å². The van der Waals surface area contributed by atoms with Gasteiger partial charge in [0.1, 0.15) is 19.8 Å². The number of hydrogen-bond acceptors (Lipinski definition) is 10. The van der Waals surface area contributed by atoms with Crippen molar-refractivity contribution in [3.05, 3.63) is 71.5 Å². The Bertz CT molecular complexity index is 1930. The Morgan fingerprint density at radius 1 is 1.14 bits per heavy atom. The Morgan fingerprint density at radius 2 is 1.83 bits per heavy atom. The van der Waals surface area contributed by atoms with Crippen LogP contribution in [0.15, 0.2) is 38.2 Å². The lowest BCUT2D eigenvalue weighted by Crippen LogP contribution is -2.47. The number of pyridine rings is 1. The Morgan fingerprint density at radius 3 is 2.38 bits per heavy atom. The van der Waals surface area contributed by atoms with Crippen molar-refractivity contribution < 1.29 is 17.9 Å². The third-order valence-corrected chi connectivity index (χ3v) is 11.6. The van der Waals surface area contributed by atoms with Crippen molar-refractivity contribution in [2.24, 2.45) is 0 Å². The highest BCUT2D eigenvalue weighted by atomic mass is 35.5. The van der Waals surface area contributed by atoms with Gasteiger partial charge in [-0.05, 0) is 72.1 Å². The first-order valence-electron chi connectivity index (χ1n) is 13.1. The molecule has 1 saturated carbocycles. The van der Waals surface area contributed by atoms with Crippen molar-refractivity contribution >= 4 is 60.6 Å². The number of aromatic nitrogens is 4. The average molecular weight is 652 g/mol. The Kier molecular flexibility index (Phi) is 7.65. The molecule has 5 rings (SSSR count). The van der Waals surface area contributed by atoms with Crippen LogP contribution >= 0.6 is 34.3 Å². The number of aryl methyl sites for hydroxylation is 2. The number of sulfonamides is 1. The Hall–Kier alpha value is -3.07. The summed E-state index contributed by atoms with van der Waals surface area (Å²) >= 11 is 8.11. The first kappa shape index (κ1) is 30.4. The van der Waals surface area contributed by atoms with Crippen LogP contribution in [0.1, 0.15) is 61.7 Å². The number of amides is 1. The van der Waals surface area contributed by atoms with Gasteiger partial charge in [0.25, 0.3) is 15.6 Å². The molecule has 1 fully saturated rings. The van der Waals surface area contributed by atoms with E-state index in [0.717, 1.165) is 35.8 Å². The zero-order chi connectivity index (χ0) is 30.8. The van der Waals surface area contributed by atoms with Gasteiger partial charge in [0.15, 0.2) is 0 Å². The van der Waals surface area contributed by atoms with Gasteiger partial charge in [-0.2, -0.15) is 12.7 Å². The van der Waals surface area contributed by atoms with Crippen molar-refractivity contribution in [1.82, 2.24) is 23.4 Å². The summed E-state index contributed by atoms with van der Waals surface area (Å²) in [5.41, 5.74) is -1.84. The van der Waals surface area contributed by atoms with Crippen LogP contribution < -0.4 is 11.2 Å². The van der Waals surface area contributed by atoms with Gasteiger partial charge >= 0.3 is 11.8 Å². The van der Waals surface area contributed by atoms with Gasteiger partial charge in [-0.3, -0.25) is 13.9 Å². The number of thiophene rings is 1. The maximum Gasteiger partial charge on any atom is 0.424 e. The van der Waals surface area contributed by atoms with E-state index in [1.54, 1.807) is 39.8 Å². The van der Waals surface area contributed by atoms with E-state index in [1.807, 2.05) is 13.8 Å². The largest absolute Gasteiger partial charge is 0.443 e. The van der Waals surface area contributed by atoms with E-state index in [9.17, 15) is 22.8 Å². The molecule has 0 spiro atoms. The summed E-state index contributed by atoms with van der Waals surface area (Å²) in [4.78, 5) is 50.3. The van der Waals surface area contributed by atoms with Crippen LogP contribution in [0, 0.1) is 13.8 Å². The molecule has 0 N–H and O–H groups in total. The molecule has 0 radical (unpaired) electrons. The number of rotatable bonds is 7. The van der Waals surface area contributed by atoms with Crippen molar-refractivity contribution in [2.45, 2.75) is 82.8 Å². The minimum atomic E-state index is -4.45. The molecule has 224 valence electrons. The highest BCUT2D eigenvalue weighted by Gasteiger charge is 2.54. The van der Waals surface area contributed by atoms with E-state index in [-0.39, 0.29) is 32.7 Å². The molecule has 42 heavy (non-hydrogen) atoms. The molecule has 4 aromatic heterocycles. The van der Waals surface area contributed by atoms with Gasteiger partial charge in [0.05, 0.1) is 34.7 Å². The maximum atomic E-state index is 14.1. The quantitative estimate of drug-likeness (QED) is 0.257. The van der Waals surface area contributed by atoms with Crippen LogP contribution in [0.4, 0.5) is 4.79 Å². The van der Waals surface area contributed by atoms with Crippen LogP contribution in [0.3, 0.4) is 0 Å². The van der Waals surface area contributed by atoms with E-state index in [2.05, 4.69) is 9.97 Å². The first-order valence-corrected chi connectivity index (χ1v) is 16.5. The third-order valence-electron chi connectivity index (χ3n) is 6.82. The van der Waals surface area contributed by atoms with Crippen LogP contribution in [0.2, 0.25) is 5.15 Å². The highest BCUT2D eigenvalue weighted by molar-refractivity contribution is 7.92. The maximum absolute atomic E-state index is 14.1. The molecule has 1 amide bonds. The number of fused-ring (bicyclic) bond motifs is 1. The van der Waals surface area contributed by atoms with Crippen LogP contribution in [-0.4, -0.2) is 49.1 Å². The van der Waals surface area contributed by atoms with Crippen molar-refractivity contribution in [3.63, 3.8) is 0 Å². The molecule has 4 aromatic rings. The molecule has 15 heteroatoms. The second-order valence-corrected chi connectivity index (χ2v) is 16.2. The third kappa shape index (κ3) is 5.77. The second kappa shape index (κ2) is 10.6. The van der Waals surface area contributed by atoms with Crippen molar-refractivity contribution in [1.29, 1.82) is 0 Å². The zero-order valence-electron chi connectivity index (χ0n) is 23.9. The molecule has 1 aliphatic carbocycles. The SMILES string of the molecule is Cc1nc(C)c(Cn2c(=O)n(Cc3ccc(Cl)nc3)c(=O)c3cc(S(=O)(=O)N(C(=O)OC(C)(C)C)C4(C)CC4)sc32)s1. The van der Waals surface area contributed by atoms with Crippen molar-refractivity contribution in [2.75, 3.05) is 0 Å². The topological polar surface area (TPSA) is 133 Å². The van der Waals surface area contributed by atoms with E-state index in [4.69, 9.17) is 16.3 Å². The molecule has 0 aliphatic heterocycles. The van der Waals surface area contributed by atoms with E-state index in [0.29, 0.717) is 18.4 Å². The summed E-state index contributed by atoms with van der Waals surface area (Å²) in [7, 11) is -4.45. The van der Waals surface area contributed by atoms with Gasteiger partial charge in [-0.15, -0.1) is 22.7 Å². The molecule has 0 saturated heterocycles. The lowest BCUT2D eigenvalue weighted by molar-refractivity contribution is 0.0332. The number of carbonyl (C=O) groups excluding carboxylic acids is 1. The van der Waals surface area contributed by atoms with Crippen LogP contribution in [0.25, 0.3) is 10.2 Å². The number of halogens is 1. The second-order valence-electron chi connectivity index (χ2n) is 11.5. The zero-order valence-corrected chi connectivity index (χ0v) is 27.1. The fourth-order valence-corrected chi connectivity index (χ4v) is 8.76. The van der Waals surface area contributed by atoms with Gasteiger partial charge in [0, 0.05) is 11.1 Å². The molecular weight excluding hydrogens is 622 g/mol. The highest BCUT2D eigenvalue weighted by Crippen LogP contribution is 2.46. The predicted octanol–water partition coefficient (Wildman–Crippen LogP) is 4.92. The minimum absolute atomic E-state index is 0.0454. The minimum Gasteiger partial charge on any atom is -0.443 e. The molecule has 0 atom stereocenters. The van der Waals surface area contributed by atoms with Crippen LogP contribution in [0.5, 0.6) is 0 Å². The summed E-state index contributed by atoms with van der Waals surface area (Å²) in [6, 6.07) is 4.46. The molecule has 0 bridgehead atoms. The fraction of sp³-hybridized carbons (Fsp3) is 0.444. The number of hydrogen-bond donors (Lipinski definition) is 0. The smallest absolute Gasteiger partial charge is 0.424 e. The number of thiazole rings is 1. The Labute approximate surface area is 255 Å². The number of ether oxygens (including phenoxy) is 1. The monoisotopic (exact) mass is 651 g/mol. The van der Waals surface area contributed by atoms with Crippen molar-refractivity contribution in [3.8, 4) is 0 Å². The molecule has 11 nitrogen and oxygen atoms in total. The van der Waals surface area contributed by atoms with Gasteiger partial charge in [-0.1, -0.05) is 17.7 Å². The van der Waals surface area contributed by atoms with Gasteiger partial charge in [0.2, 0.25) is 0 Å². The Balaban J connectivity index is 1.70. The lowest BCUT2D eigenvalue weighted by Gasteiger charge is -2.30. The number of carbonyl (C=O) groups is 1. The molecule has 4 heterocycles. The van der Waals surface area contributed by atoms with Crippen LogP contribution in [-0.2, 0) is 27.8 Å². The van der Waals surface area contributed by atoms with E-state index in [1.165, 1.54) is 28.2 Å². The fourth-order valence-electron chi connectivity index (χ4n) is 4.52.